The molecule has 2 aromatic rings. The second kappa shape index (κ2) is 7.15. The Labute approximate surface area is 158 Å². The summed E-state index contributed by atoms with van der Waals surface area (Å²) in [6, 6.07) is 12.3. The molecule has 0 bridgehead atoms. The molecule has 4 nitrogen and oxygen atoms in total. The van der Waals surface area contributed by atoms with Crippen LogP contribution in [0.15, 0.2) is 48.0 Å². The van der Waals surface area contributed by atoms with Crippen LogP contribution in [-0.2, 0) is 11.3 Å². The van der Waals surface area contributed by atoms with Gasteiger partial charge in [-0.2, -0.15) is 13.2 Å². The van der Waals surface area contributed by atoms with Crippen molar-refractivity contribution in [2.45, 2.75) is 18.8 Å². The molecule has 0 saturated heterocycles. The number of benzene rings is 2. The number of alkyl halides is 3. The summed E-state index contributed by atoms with van der Waals surface area (Å²) in [5, 5.41) is 9.36. The Kier molecular flexibility index (Phi) is 5.06. The third kappa shape index (κ3) is 4.03. The van der Waals surface area contributed by atoms with Gasteiger partial charge in [0, 0.05) is 25.2 Å². The van der Waals surface area contributed by atoms with Gasteiger partial charge < -0.3 is 14.7 Å². The molecular formula is C19H15ClF3NO3. The lowest BCUT2D eigenvalue weighted by Gasteiger charge is -2.29. The van der Waals surface area contributed by atoms with Crippen LogP contribution >= 0.6 is 11.6 Å². The first kappa shape index (κ1) is 19.1. The average Bonchev–Trinajstić information content (AvgIpc) is 2.60. The molecule has 8 heteroatoms. The largest absolute Gasteiger partial charge is 0.478 e. The average molecular weight is 398 g/mol. The molecular weight excluding hydrogens is 383 g/mol. The lowest BCUT2D eigenvalue weighted by atomic mass is 10.0. The van der Waals surface area contributed by atoms with Gasteiger partial charge in [0.25, 0.3) is 0 Å². The molecule has 1 aliphatic rings. The molecule has 142 valence electrons. The van der Waals surface area contributed by atoms with Crippen molar-refractivity contribution in [2.75, 3.05) is 11.9 Å². The second-order valence-corrected chi connectivity index (χ2v) is 6.53. The van der Waals surface area contributed by atoms with Crippen LogP contribution in [0.1, 0.15) is 11.1 Å². The maximum atomic E-state index is 13.2. The van der Waals surface area contributed by atoms with Crippen molar-refractivity contribution in [2.24, 2.45) is 0 Å². The van der Waals surface area contributed by atoms with E-state index in [1.807, 2.05) is 30.3 Å². The molecule has 3 rings (SSSR count). The Morgan fingerprint density at radius 1 is 1.26 bits per heavy atom. The van der Waals surface area contributed by atoms with E-state index in [4.69, 9.17) is 21.4 Å². The van der Waals surface area contributed by atoms with Crippen LogP contribution in [0.4, 0.5) is 18.9 Å². The zero-order valence-corrected chi connectivity index (χ0v) is 14.9. The van der Waals surface area contributed by atoms with E-state index in [0.29, 0.717) is 12.2 Å². The van der Waals surface area contributed by atoms with Crippen molar-refractivity contribution >= 4 is 29.3 Å². The lowest BCUT2D eigenvalue weighted by molar-refractivity contribution is -0.187. The fraction of sp³-hybridized carbons (Fsp3) is 0.211. The molecule has 27 heavy (non-hydrogen) atoms. The number of halogens is 4. The molecule has 0 aromatic heterocycles. The third-order valence-corrected chi connectivity index (χ3v) is 4.44. The molecule has 1 N–H and O–H groups in total. The van der Waals surface area contributed by atoms with Crippen LogP contribution < -0.4 is 9.64 Å². The number of rotatable bonds is 4. The highest BCUT2D eigenvalue weighted by atomic mass is 35.5. The van der Waals surface area contributed by atoms with Gasteiger partial charge in [-0.3, -0.25) is 0 Å². The minimum absolute atomic E-state index is 0.0679. The minimum atomic E-state index is -4.85. The highest BCUT2D eigenvalue weighted by Crippen LogP contribution is 2.41. The summed E-state index contributed by atoms with van der Waals surface area (Å²) in [5.74, 6) is -1.76. The Morgan fingerprint density at radius 3 is 2.52 bits per heavy atom. The molecule has 0 amide bonds. The van der Waals surface area contributed by atoms with Gasteiger partial charge >= 0.3 is 12.1 Å². The Bertz CT molecular complexity index is 897. The van der Waals surface area contributed by atoms with E-state index < -0.39 is 23.8 Å². The van der Waals surface area contributed by atoms with Crippen LogP contribution in [-0.4, -0.2) is 30.4 Å². The van der Waals surface area contributed by atoms with E-state index in [2.05, 4.69) is 0 Å². The molecule has 1 unspecified atom stereocenters. The van der Waals surface area contributed by atoms with Gasteiger partial charge in [-0.25, -0.2) is 4.79 Å². The van der Waals surface area contributed by atoms with Gasteiger partial charge in [0.05, 0.1) is 16.3 Å². The summed E-state index contributed by atoms with van der Waals surface area (Å²) in [7, 11) is 1.75. The number of fused-ring (bicyclic) bond motifs is 1. The molecule has 1 aliphatic heterocycles. The first-order chi connectivity index (χ1) is 12.7. The van der Waals surface area contributed by atoms with Crippen molar-refractivity contribution in [3.63, 3.8) is 0 Å². The summed E-state index contributed by atoms with van der Waals surface area (Å²) >= 11 is 6.28. The SMILES string of the molecule is CN(Cc1ccccc1)c1cc2c(cc1Cl)C=C(C(=O)O)C(C(F)(F)F)O2. The van der Waals surface area contributed by atoms with E-state index in [1.165, 1.54) is 12.1 Å². The Morgan fingerprint density at radius 2 is 1.93 bits per heavy atom. The highest BCUT2D eigenvalue weighted by Gasteiger charge is 2.48. The predicted octanol–water partition coefficient (Wildman–Crippen LogP) is 4.77. The first-order valence-corrected chi connectivity index (χ1v) is 8.31. The second-order valence-electron chi connectivity index (χ2n) is 6.13. The predicted molar refractivity (Wildman–Crippen MR) is 96.1 cm³/mol. The number of hydrogen-bond donors (Lipinski definition) is 1. The van der Waals surface area contributed by atoms with Gasteiger partial charge in [-0.15, -0.1) is 0 Å². The van der Waals surface area contributed by atoms with Gasteiger partial charge in [0.15, 0.2) is 0 Å². The number of aliphatic carboxylic acids is 1. The van der Waals surface area contributed by atoms with Crippen LogP contribution in [0.25, 0.3) is 6.08 Å². The minimum Gasteiger partial charge on any atom is -0.478 e. The summed E-state index contributed by atoms with van der Waals surface area (Å²) in [6.07, 6.45) is -6.43. The van der Waals surface area contributed by atoms with Crippen LogP contribution in [0.5, 0.6) is 5.75 Å². The lowest BCUT2D eigenvalue weighted by Crippen LogP contribution is -2.40. The maximum Gasteiger partial charge on any atom is 0.430 e. The topological polar surface area (TPSA) is 49.8 Å². The Hall–Kier alpha value is -2.67. The number of carboxylic acids is 1. The van der Waals surface area contributed by atoms with Crippen LogP contribution in [0, 0.1) is 0 Å². The quantitative estimate of drug-likeness (QED) is 0.807. The van der Waals surface area contributed by atoms with Crippen molar-refractivity contribution in [3.8, 4) is 5.75 Å². The van der Waals surface area contributed by atoms with Crippen molar-refractivity contribution < 1.29 is 27.8 Å². The van der Waals surface area contributed by atoms with Crippen molar-refractivity contribution in [1.29, 1.82) is 0 Å². The van der Waals surface area contributed by atoms with E-state index in [-0.39, 0.29) is 16.3 Å². The highest BCUT2D eigenvalue weighted by molar-refractivity contribution is 6.33. The van der Waals surface area contributed by atoms with Gasteiger partial charge in [0.2, 0.25) is 6.10 Å². The van der Waals surface area contributed by atoms with Crippen molar-refractivity contribution in [3.05, 3.63) is 64.2 Å². The van der Waals surface area contributed by atoms with E-state index in [9.17, 15) is 18.0 Å². The van der Waals surface area contributed by atoms with Gasteiger partial charge in [-0.05, 0) is 17.7 Å². The molecule has 0 radical (unpaired) electrons. The van der Waals surface area contributed by atoms with Gasteiger partial charge in [-0.1, -0.05) is 41.9 Å². The molecule has 0 aliphatic carbocycles. The number of carbonyl (C=O) groups is 1. The zero-order valence-electron chi connectivity index (χ0n) is 14.1. The zero-order chi connectivity index (χ0) is 19.8. The summed E-state index contributed by atoms with van der Waals surface area (Å²) in [5.41, 5.74) is 0.787. The normalized spacial score (nSPS) is 16.2. The summed E-state index contributed by atoms with van der Waals surface area (Å²) in [4.78, 5) is 13.0. The molecule has 1 heterocycles. The standard InChI is InChI=1S/C19H15ClF3NO3/c1-24(10-11-5-3-2-4-6-11)15-9-16-12(8-14(15)20)7-13(18(25)26)17(27-16)19(21,22)23/h2-9,17H,10H2,1H3,(H,25,26). The summed E-state index contributed by atoms with van der Waals surface area (Å²) in [6.45, 7) is 0.484. The summed E-state index contributed by atoms with van der Waals surface area (Å²) < 4.78 is 44.6. The number of anilines is 1. The number of nitrogens with zero attached hydrogens (tertiary/aromatic N) is 1. The molecule has 2 aromatic carbocycles. The molecule has 1 atom stereocenters. The maximum absolute atomic E-state index is 13.2. The van der Waals surface area contributed by atoms with E-state index in [1.54, 1.807) is 11.9 Å². The fourth-order valence-electron chi connectivity index (χ4n) is 2.86. The van der Waals surface area contributed by atoms with E-state index >= 15 is 0 Å². The Balaban J connectivity index is 1.97. The monoisotopic (exact) mass is 397 g/mol. The van der Waals surface area contributed by atoms with E-state index in [0.717, 1.165) is 11.6 Å². The molecule has 0 saturated carbocycles. The fourth-order valence-corrected chi connectivity index (χ4v) is 3.17. The first-order valence-electron chi connectivity index (χ1n) is 7.93. The number of hydrogen-bond acceptors (Lipinski definition) is 3. The van der Waals surface area contributed by atoms with Crippen LogP contribution in [0.3, 0.4) is 0 Å². The number of carboxylic acid groups (broad SMARTS) is 1. The molecule has 0 spiro atoms. The smallest absolute Gasteiger partial charge is 0.430 e. The van der Waals surface area contributed by atoms with Crippen LogP contribution in [0.2, 0.25) is 5.02 Å². The third-order valence-electron chi connectivity index (χ3n) is 4.14. The van der Waals surface area contributed by atoms with Crippen molar-refractivity contribution in [1.82, 2.24) is 0 Å². The van der Waals surface area contributed by atoms with Gasteiger partial charge in [0.1, 0.15) is 5.75 Å². The molecule has 0 fully saturated rings. The number of ether oxygens (including phenoxy) is 1.